The fraction of sp³-hybridized carbons (Fsp3) is 0.429. The Morgan fingerprint density at radius 2 is 1.93 bits per heavy atom. The molecule has 1 aliphatic rings. The quantitative estimate of drug-likeness (QED) is 0.551. The van der Waals surface area contributed by atoms with Gasteiger partial charge in [-0.15, -0.1) is 0 Å². The highest BCUT2D eigenvalue weighted by atomic mass is 16.5. The molecule has 0 saturated carbocycles. The zero-order chi connectivity index (χ0) is 21.1. The average molecular weight is 398 g/mol. The van der Waals surface area contributed by atoms with Gasteiger partial charge < -0.3 is 15.0 Å². The van der Waals surface area contributed by atoms with Gasteiger partial charge in [-0.25, -0.2) is 9.78 Å². The Morgan fingerprint density at radius 3 is 2.55 bits per heavy atom. The number of hydrogen-bond donors (Lipinski definition) is 2. The molecule has 154 valence electrons. The molecule has 1 aliphatic heterocycles. The maximum atomic E-state index is 12.9. The summed E-state index contributed by atoms with van der Waals surface area (Å²) in [7, 11) is 1.29. The normalized spacial score (nSPS) is 17.6. The van der Waals surface area contributed by atoms with Crippen LogP contribution in [0.25, 0.3) is 11.3 Å². The van der Waals surface area contributed by atoms with Crippen molar-refractivity contribution in [3.05, 3.63) is 41.9 Å². The molecule has 2 aromatic rings. The minimum absolute atomic E-state index is 0.0546. The second kappa shape index (κ2) is 8.46. The van der Waals surface area contributed by atoms with Crippen LogP contribution >= 0.6 is 0 Å². The molecule has 29 heavy (non-hydrogen) atoms. The SMILES string of the molecule is COC(=O)CC[C@H]1NC(=O)N(C(c2ncc(-c3ccc(C)cc3)[nH]2)C(C)C)C1=O. The molecule has 3 amide bonds. The van der Waals surface area contributed by atoms with Gasteiger partial charge in [-0.1, -0.05) is 43.7 Å². The Balaban J connectivity index is 1.83. The molecule has 1 aromatic heterocycles. The van der Waals surface area contributed by atoms with Crippen molar-refractivity contribution in [2.75, 3.05) is 7.11 Å². The number of nitrogens with one attached hydrogen (secondary N) is 2. The number of methoxy groups -OCH3 is 1. The predicted molar refractivity (Wildman–Crippen MR) is 107 cm³/mol. The number of imidazole rings is 1. The Kier molecular flexibility index (Phi) is 6.00. The van der Waals surface area contributed by atoms with Crippen molar-refractivity contribution < 1.29 is 19.1 Å². The van der Waals surface area contributed by atoms with Crippen LogP contribution in [-0.4, -0.2) is 45.9 Å². The molecule has 0 bridgehead atoms. The van der Waals surface area contributed by atoms with Gasteiger partial charge in [0.05, 0.1) is 19.0 Å². The lowest BCUT2D eigenvalue weighted by atomic mass is 10.0. The number of imide groups is 1. The number of nitrogens with zero attached hydrogens (tertiary/aromatic N) is 2. The third kappa shape index (κ3) is 4.31. The number of benzene rings is 1. The molecule has 8 heteroatoms. The summed E-state index contributed by atoms with van der Waals surface area (Å²) >= 11 is 0. The number of aromatic amines is 1. The first-order valence-electron chi connectivity index (χ1n) is 9.64. The van der Waals surface area contributed by atoms with E-state index in [1.54, 1.807) is 6.20 Å². The lowest BCUT2D eigenvalue weighted by Gasteiger charge is -2.27. The maximum Gasteiger partial charge on any atom is 0.325 e. The first-order chi connectivity index (χ1) is 13.8. The topological polar surface area (TPSA) is 104 Å². The number of aromatic nitrogens is 2. The zero-order valence-electron chi connectivity index (χ0n) is 17.1. The van der Waals surface area contributed by atoms with Gasteiger partial charge in [-0.2, -0.15) is 0 Å². The molecular formula is C21H26N4O4. The Hall–Kier alpha value is -3.16. The fourth-order valence-electron chi connectivity index (χ4n) is 3.47. The van der Waals surface area contributed by atoms with Crippen molar-refractivity contribution in [3.63, 3.8) is 0 Å². The summed E-state index contributed by atoms with van der Waals surface area (Å²) in [6.45, 7) is 5.88. The van der Waals surface area contributed by atoms with Crippen molar-refractivity contribution in [3.8, 4) is 11.3 Å². The van der Waals surface area contributed by atoms with Gasteiger partial charge in [0.15, 0.2) is 0 Å². The standard InChI is InChI=1S/C21H26N4O4/c1-12(2)18(19-22-11-16(23-19)14-7-5-13(3)6-8-14)25-20(27)15(24-21(25)28)9-10-17(26)29-4/h5-8,11-12,15,18H,9-10H2,1-4H3,(H,22,23)(H,24,28)/t15-,18?/m1/s1. The van der Waals surface area contributed by atoms with Gasteiger partial charge in [-0.3, -0.25) is 14.5 Å². The molecule has 0 radical (unpaired) electrons. The summed E-state index contributed by atoms with van der Waals surface area (Å²) in [5.41, 5.74) is 2.95. The van der Waals surface area contributed by atoms with E-state index in [4.69, 9.17) is 0 Å². The van der Waals surface area contributed by atoms with Gasteiger partial charge >= 0.3 is 12.0 Å². The molecule has 2 N–H and O–H groups in total. The molecule has 0 spiro atoms. The van der Waals surface area contributed by atoms with Crippen LogP contribution in [0, 0.1) is 12.8 Å². The van der Waals surface area contributed by atoms with Gasteiger partial charge in [0.2, 0.25) is 0 Å². The summed E-state index contributed by atoms with van der Waals surface area (Å²) in [6.07, 6.45) is 1.97. The Morgan fingerprint density at radius 1 is 1.24 bits per heavy atom. The van der Waals surface area contributed by atoms with E-state index in [9.17, 15) is 14.4 Å². The minimum Gasteiger partial charge on any atom is -0.469 e. The monoisotopic (exact) mass is 398 g/mol. The highest BCUT2D eigenvalue weighted by Crippen LogP contribution is 2.31. The third-order valence-corrected chi connectivity index (χ3v) is 5.06. The largest absolute Gasteiger partial charge is 0.469 e. The predicted octanol–water partition coefficient (Wildman–Crippen LogP) is 2.96. The zero-order valence-corrected chi connectivity index (χ0v) is 17.1. The Labute approximate surface area is 169 Å². The van der Waals surface area contributed by atoms with E-state index in [0.29, 0.717) is 5.82 Å². The summed E-state index contributed by atoms with van der Waals surface area (Å²) in [5.74, 6) is -0.278. The molecule has 1 unspecified atom stereocenters. The van der Waals surface area contributed by atoms with Crippen LogP contribution < -0.4 is 5.32 Å². The van der Waals surface area contributed by atoms with Crippen molar-refractivity contribution in [1.29, 1.82) is 0 Å². The van der Waals surface area contributed by atoms with E-state index < -0.39 is 24.1 Å². The molecule has 0 aliphatic carbocycles. The number of rotatable bonds is 7. The second-order valence-corrected chi connectivity index (χ2v) is 7.56. The number of hydrogen-bond acceptors (Lipinski definition) is 5. The molecular weight excluding hydrogens is 372 g/mol. The van der Waals surface area contributed by atoms with E-state index in [-0.39, 0.29) is 24.7 Å². The number of carbonyl (C=O) groups is 3. The van der Waals surface area contributed by atoms with Gasteiger partial charge in [0, 0.05) is 6.42 Å². The number of amides is 3. The van der Waals surface area contributed by atoms with E-state index in [1.165, 1.54) is 12.0 Å². The third-order valence-electron chi connectivity index (χ3n) is 5.06. The van der Waals surface area contributed by atoms with Gasteiger partial charge in [0.1, 0.15) is 17.9 Å². The van der Waals surface area contributed by atoms with E-state index in [0.717, 1.165) is 16.8 Å². The lowest BCUT2D eigenvalue weighted by Crippen LogP contribution is -2.38. The molecule has 8 nitrogen and oxygen atoms in total. The molecule has 1 fully saturated rings. The fourth-order valence-corrected chi connectivity index (χ4v) is 3.47. The van der Waals surface area contributed by atoms with Crippen molar-refractivity contribution >= 4 is 17.9 Å². The second-order valence-electron chi connectivity index (χ2n) is 7.56. The molecule has 3 rings (SSSR count). The maximum absolute atomic E-state index is 12.9. The van der Waals surface area contributed by atoms with E-state index >= 15 is 0 Å². The van der Waals surface area contributed by atoms with E-state index in [1.807, 2.05) is 45.0 Å². The number of carbonyl (C=O) groups excluding carboxylic acids is 3. The van der Waals surface area contributed by atoms with Crippen LogP contribution in [0.4, 0.5) is 4.79 Å². The summed E-state index contributed by atoms with van der Waals surface area (Å²) in [5, 5.41) is 2.67. The summed E-state index contributed by atoms with van der Waals surface area (Å²) < 4.78 is 4.61. The molecule has 1 saturated heterocycles. The number of urea groups is 1. The van der Waals surface area contributed by atoms with Crippen LogP contribution in [0.3, 0.4) is 0 Å². The molecule has 2 heterocycles. The van der Waals surface area contributed by atoms with Gasteiger partial charge in [0.25, 0.3) is 5.91 Å². The van der Waals surface area contributed by atoms with Crippen LogP contribution in [0.5, 0.6) is 0 Å². The first kappa shape index (κ1) is 20.6. The van der Waals surface area contributed by atoms with E-state index in [2.05, 4.69) is 20.0 Å². The highest BCUT2D eigenvalue weighted by molar-refractivity contribution is 6.04. The lowest BCUT2D eigenvalue weighted by molar-refractivity contribution is -0.141. The van der Waals surface area contributed by atoms with Crippen molar-refractivity contribution in [2.45, 2.75) is 45.7 Å². The number of ether oxygens (including phenoxy) is 1. The molecule has 2 atom stereocenters. The summed E-state index contributed by atoms with van der Waals surface area (Å²) in [4.78, 5) is 45.8. The molecule has 1 aromatic carbocycles. The first-order valence-corrected chi connectivity index (χ1v) is 9.64. The Bertz CT molecular complexity index is 904. The summed E-state index contributed by atoms with van der Waals surface area (Å²) in [6, 6.07) is 6.26. The van der Waals surface area contributed by atoms with Crippen LogP contribution in [-0.2, 0) is 14.3 Å². The van der Waals surface area contributed by atoms with Crippen LogP contribution in [0.1, 0.15) is 44.1 Å². The average Bonchev–Trinajstić information content (AvgIpc) is 3.27. The highest BCUT2D eigenvalue weighted by Gasteiger charge is 2.44. The smallest absolute Gasteiger partial charge is 0.325 e. The van der Waals surface area contributed by atoms with Crippen molar-refractivity contribution in [1.82, 2.24) is 20.2 Å². The van der Waals surface area contributed by atoms with Crippen LogP contribution in [0.15, 0.2) is 30.5 Å². The van der Waals surface area contributed by atoms with Crippen LogP contribution in [0.2, 0.25) is 0 Å². The minimum atomic E-state index is -0.741. The number of aryl methyl sites for hydroxylation is 1. The number of H-pyrrole nitrogens is 1. The van der Waals surface area contributed by atoms with Gasteiger partial charge in [-0.05, 0) is 24.8 Å². The number of esters is 1. The van der Waals surface area contributed by atoms with Crippen molar-refractivity contribution in [2.24, 2.45) is 5.92 Å².